The predicted octanol–water partition coefficient (Wildman–Crippen LogP) is 2.68. The van der Waals surface area contributed by atoms with Gasteiger partial charge in [-0.05, 0) is 43.5 Å². The van der Waals surface area contributed by atoms with E-state index in [1.54, 1.807) is 18.2 Å². The van der Waals surface area contributed by atoms with Crippen LogP contribution in [0.15, 0.2) is 23.1 Å². The van der Waals surface area contributed by atoms with E-state index in [2.05, 4.69) is 0 Å². The van der Waals surface area contributed by atoms with Crippen LogP contribution in [0.3, 0.4) is 0 Å². The van der Waals surface area contributed by atoms with Gasteiger partial charge in [0.15, 0.2) is 9.84 Å². The fourth-order valence-corrected chi connectivity index (χ4v) is 4.33. The summed E-state index contributed by atoms with van der Waals surface area (Å²) in [6.45, 7) is 1.84. The van der Waals surface area contributed by atoms with Crippen LogP contribution in [-0.4, -0.2) is 13.7 Å². The molecule has 1 aliphatic carbocycles. The van der Waals surface area contributed by atoms with Gasteiger partial charge in [-0.2, -0.15) is 0 Å². The van der Waals surface area contributed by atoms with Crippen molar-refractivity contribution < 1.29 is 8.42 Å². The molecule has 0 heterocycles. The van der Waals surface area contributed by atoms with Crippen molar-refractivity contribution in [1.82, 2.24) is 0 Å². The molecule has 0 bridgehead atoms. The second-order valence-electron chi connectivity index (χ2n) is 4.82. The van der Waals surface area contributed by atoms with Crippen LogP contribution in [0.25, 0.3) is 0 Å². The Labute approximate surface area is 103 Å². The lowest BCUT2D eigenvalue weighted by molar-refractivity contribution is 0.483. The van der Waals surface area contributed by atoms with Crippen molar-refractivity contribution in [3.63, 3.8) is 0 Å². The number of benzene rings is 1. The SMILES string of the molecule is Cc1cc(S(=O)(=O)C2CCCCC2)ccc1N. The lowest BCUT2D eigenvalue weighted by Gasteiger charge is -2.22. The minimum Gasteiger partial charge on any atom is -0.399 e. The van der Waals surface area contributed by atoms with Crippen molar-refractivity contribution in [2.45, 2.75) is 49.2 Å². The number of hydrogen-bond donors (Lipinski definition) is 1. The zero-order valence-electron chi connectivity index (χ0n) is 10.1. The molecule has 0 radical (unpaired) electrons. The van der Waals surface area contributed by atoms with Crippen LogP contribution in [0.5, 0.6) is 0 Å². The Kier molecular flexibility index (Phi) is 3.43. The number of hydrogen-bond acceptors (Lipinski definition) is 3. The third-order valence-corrected chi connectivity index (χ3v) is 5.82. The third kappa shape index (κ3) is 2.46. The van der Waals surface area contributed by atoms with E-state index in [9.17, 15) is 8.42 Å². The first-order valence-electron chi connectivity index (χ1n) is 6.12. The van der Waals surface area contributed by atoms with E-state index in [0.717, 1.165) is 37.7 Å². The Balaban J connectivity index is 2.33. The number of nitrogens with two attached hydrogens (primary N) is 1. The topological polar surface area (TPSA) is 60.2 Å². The number of anilines is 1. The molecule has 0 aromatic heterocycles. The van der Waals surface area contributed by atoms with Gasteiger partial charge >= 0.3 is 0 Å². The highest BCUT2D eigenvalue weighted by Crippen LogP contribution is 2.29. The zero-order valence-corrected chi connectivity index (χ0v) is 11.0. The van der Waals surface area contributed by atoms with Crippen LogP contribution in [0.4, 0.5) is 5.69 Å². The molecule has 1 saturated carbocycles. The summed E-state index contributed by atoms with van der Waals surface area (Å²) in [6, 6.07) is 5.01. The van der Waals surface area contributed by atoms with Gasteiger partial charge in [0.1, 0.15) is 0 Å². The summed E-state index contributed by atoms with van der Waals surface area (Å²) in [7, 11) is -3.16. The molecule has 1 aromatic carbocycles. The zero-order chi connectivity index (χ0) is 12.5. The second kappa shape index (κ2) is 4.69. The molecule has 1 fully saturated rings. The van der Waals surface area contributed by atoms with Gasteiger partial charge in [-0.15, -0.1) is 0 Å². The van der Waals surface area contributed by atoms with E-state index in [1.807, 2.05) is 6.92 Å². The van der Waals surface area contributed by atoms with Crippen LogP contribution in [0, 0.1) is 6.92 Å². The van der Waals surface area contributed by atoms with Gasteiger partial charge in [0.05, 0.1) is 10.1 Å². The van der Waals surface area contributed by atoms with Crippen LogP contribution in [0.2, 0.25) is 0 Å². The summed E-state index contributed by atoms with van der Waals surface area (Å²) >= 11 is 0. The molecule has 0 saturated heterocycles. The Morgan fingerprint density at radius 3 is 2.41 bits per heavy atom. The van der Waals surface area contributed by atoms with Gasteiger partial charge < -0.3 is 5.73 Å². The highest BCUT2D eigenvalue weighted by molar-refractivity contribution is 7.92. The summed E-state index contributed by atoms with van der Waals surface area (Å²) in [5, 5.41) is -0.195. The highest BCUT2D eigenvalue weighted by Gasteiger charge is 2.28. The first-order chi connectivity index (χ1) is 8.01. The van der Waals surface area contributed by atoms with Gasteiger partial charge in [0.2, 0.25) is 0 Å². The number of nitrogen functional groups attached to an aromatic ring is 1. The molecule has 0 aliphatic heterocycles. The third-order valence-electron chi connectivity index (χ3n) is 3.56. The molecule has 0 atom stereocenters. The maximum absolute atomic E-state index is 12.4. The van der Waals surface area contributed by atoms with Gasteiger partial charge in [-0.25, -0.2) is 8.42 Å². The van der Waals surface area contributed by atoms with E-state index in [4.69, 9.17) is 5.73 Å². The summed E-state index contributed by atoms with van der Waals surface area (Å²) in [4.78, 5) is 0.427. The van der Waals surface area contributed by atoms with Gasteiger partial charge in [-0.3, -0.25) is 0 Å². The van der Waals surface area contributed by atoms with E-state index < -0.39 is 9.84 Å². The van der Waals surface area contributed by atoms with E-state index in [-0.39, 0.29) is 5.25 Å². The number of rotatable bonds is 2. The molecule has 2 N–H and O–H groups in total. The Bertz CT molecular complexity index is 502. The molecule has 17 heavy (non-hydrogen) atoms. The molecule has 0 amide bonds. The minimum absolute atomic E-state index is 0.195. The molecule has 0 unspecified atom stereocenters. The summed E-state index contributed by atoms with van der Waals surface area (Å²) in [5.74, 6) is 0. The van der Waals surface area contributed by atoms with Crippen LogP contribution in [0.1, 0.15) is 37.7 Å². The Hall–Kier alpha value is -1.03. The van der Waals surface area contributed by atoms with Crippen molar-refractivity contribution in [2.75, 3.05) is 5.73 Å². The first kappa shape index (κ1) is 12.4. The van der Waals surface area contributed by atoms with Crippen LogP contribution < -0.4 is 5.73 Å². The number of sulfone groups is 1. The molecular formula is C13H19NO2S. The monoisotopic (exact) mass is 253 g/mol. The first-order valence-corrected chi connectivity index (χ1v) is 7.66. The Morgan fingerprint density at radius 2 is 1.82 bits per heavy atom. The molecule has 1 aliphatic rings. The van der Waals surface area contributed by atoms with Crippen molar-refractivity contribution in [1.29, 1.82) is 0 Å². The average Bonchev–Trinajstić information content (AvgIpc) is 2.33. The molecule has 4 heteroatoms. The molecule has 0 spiro atoms. The second-order valence-corrected chi connectivity index (χ2v) is 7.05. The largest absolute Gasteiger partial charge is 0.399 e. The van der Waals surface area contributed by atoms with Crippen molar-refractivity contribution in [2.24, 2.45) is 0 Å². The lowest BCUT2D eigenvalue weighted by atomic mass is 10.0. The van der Waals surface area contributed by atoms with Crippen LogP contribution in [-0.2, 0) is 9.84 Å². The summed E-state index contributed by atoms with van der Waals surface area (Å²) in [5.41, 5.74) is 7.20. The van der Waals surface area contributed by atoms with E-state index >= 15 is 0 Å². The van der Waals surface area contributed by atoms with E-state index in [0.29, 0.717) is 10.6 Å². The highest BCUT2D eigenvalue weighted by atomic mass is 32.2. The average molecular weight is 253 g/mol. The Morgan fingerprint density at radius 1 is 1.18 bits per heavy atom. The summed E-state index contributed by atoms with van der Waals surface area (Å²) in [6.07, 6.45) is 4.81. The standard InChI is InChI=1S/C13H19NO2S/c1-10-9-12(7-8-13(10)14)17(15,16)11-5-3-2-4-6-11/h7-9,11H,2-6,14H2,1H3. The molecular weight excluding hydrogens is 234 g/mol. The molecule has 94 valence electrons. The lowest BCUT2D eigenvalue weighted by Crippen LogP contribution is -2.24. The predicted molar refractivity (Wildman–Crippen MR) is 69.7 cm³/mol. The summed E-state index contributed by atoms with van der Waals surface area (Å²) < 4.78 is 24.8. The molecule has 3 nitrogen and oxygen atoms in total. The smallest absolute Gasteiger partial charge is 0.181 e. The molecule has 2 rings (SSSR count). The van der Waals surface area contributed by atoms with Crippen molar-refractivity contribution >= 4 is 15.5 Å². The maximum Gasteiger partial charge on any atom is 0.181 e. The minimum atomic E-state index is -3.16. The molecule has 1 aromatic rings. The van der Waals surface area contributed by atoms with Crippen molar-refractivity contribution in [3.05, 3.63) is 23.8 Å². The normalized spacial score (nSPS) is 18.2. The van der Waals surface area contributed by atoms with Crippen molar-refractivity contribution in [3.8, 4) is 0 Å². The quantitative estimate of drug-likeness (QED) is 0.824. The van der Waals surface area contributed by atoms with Gasteiger partial charge in [0, 0.05) is 5.69 Å². The van der Waals surface area contributed by atoms with Gasteiger partial charge in [0.25, 0.3) is 0 Å². The van der Waals surface area contributed by atoms with E-state index in [1.165, 1.54) is 0 Å². The fourth-order valence-electron chi connectivity index (χ4n) is 2.39. The van der Waals surface area contributed by atoms with Crippen LogP contribution >= 0.6 is 0 Å². The number of aryl methyl sites for hydroxylation is 1. The fraction of sp³-hybridized carbons (Fsp3) is 0.538. The van der Waals surface area contributed by atoms with Gasteiger partial charge in [-0.1, -0.05) is 19.3 Å². The maximum atomic E-state index is 12.4.